The van der Waals surface area contributed by atoms with Crippen molar-refractivity contribution in [2.75, 3.05) is 6.54 Å². The minimum absolute atomic E-state index is 0.0358. The zero-order valence-electron chi connectivity index (χ0n) is 13.3. The van der Waals surface area contributed by atoms with Crippen LogP contribution in [0.15, 0.2) is 24.3 Å². The molecule has 1 aromatic rings. The lowest BCUT2D eigenvalue weighted by molar-refractivity contribution is -0.125. The third-order valence-corrected chi connectivity index (χ3v) is 3.70. The molecule has 21 heavy (non-hydrogen) atoms. The monoisotopic (exact) mass is 311 g/mol. The Morgan fingerprint density at radius 1 is 1.38 bits per heavy atom. The molecule has 0 aliphatic heterocycles. The molecule has 1 aromatic carbocycles. The summed E-state index contributed by atoms with van der Waals surface area (Å²) in [6.45, 7) is 8.34. The molecule has 0 aliphatic rings. The second-order valence-electron chi connectivity index (χ2n) is 6.67. The van der Waals surface area contributed by atoms with Gasteiger partial charge in [0, 0.05) is 17.5 Å². The smallest absolute Gasteiger partial charge is 0.223 e. The number of halogens is 1. The highest BCUT2D eigenvalue weighted by atomic mass is 35.5. The maximum absolute atomic E-state index is 12.2. The Kier molecular flexibility index (Phi) is 6.69. The van der Waals surface area contributed by atoms with Crippen molar-refractivity contribution in [2.24, 2.45) is 11.3 Å². The summed E-state index contributed by atoms with van der Waals surface area (Å²) >= 11 is 5.95. The van der Waals surface area contributed by atoms with Gasteiger partial charge in [-0.3, -0.25) is 4.79 Å². The van der Waals surface area contributed by atoms with E-state index in [1.807, 2.05) is 45.0 Å². The SMILES string of the molecule is CC(O)CC(C)(C)CNC(=O)C(C)Cc1cccc(Cl)c1. The molecule has 3 nitrogen and oxygen atoms in total. The Balaban J connectivity index is 2.48. The van der Waals surface area contributed by atoms with Gasteiger partial charge in [0.25, 0.3) is 0 Å². The van der Waals surface area contributed by atoms with Crippen LogP contribution in [0, 0.1) is 11.3 Å². The third-order valence-electron chi connectivity index (χ3n) is 3.47. The number of rotatable bonds is 7. The Bertz CT molecular complexity index is 472. The molecule has 0 spiro atoms. The minimum atomic E-state index is -0.360. The van der Waals surface area contributed by atoms with E-state index in [0.717, 1.165) is 5.56 Å². The van der Waals surface area contributed by atoms with E-state index in [4.69, 9.17) is 11.6 Å². The summed E-state index contributed by atoms with van der Waals surface area (Å²) in [4.78, 5) is 12.2. The zero-order valence-corrected chi connectivity index (χ0v) is 14.1. The lowest BCUT2D eigenvalue weighted by atomic mass is 9.86. The van der Waals surface area contributed by atoms with Crippen molar-refractivity contribution in [3.63, 3.8) is 0 Å². The highest BCUT2D eigenvalue weighted by Gasteiger charge is 2.22. The zero-order chi connectivity index (χ0) is 16.0. The van der Waals surface area contributed by atoms with Crippen molar-refractivity contribution < 1.29 is 9.90 Å². The van der Waals surface area contributed by atoms with Gasteiger partial charge in [-0.2, -0.15) is 0 Å². The lowest BCUT2D eigenvalue weighted by Gasteiger charge is -2.27. The van der Waals surface area contributed by atoms with E-state index in [9.17, 15) is 9.90 Å². The van der Waals surface area contributed by atoms with E-state index in [-0.39, 0.29) is 23.3 Å². The van der Waals surface area contributed by atoms with Crippen LogP contribution in [0.3, 0.4) is 0 Å². The summed E-state index contributed by atoms with van der Waals surface area (Å²) in [6.07, 6.45) is 0.972. The van der Waals surface area contributed by atoms with Gasteiger partial charge in [-0.1, -0.05) is 44.5 Å². The minimum Gasteiger partial charge on any atom is -0.393 e. The van der Waals surface area contributed by atoms with Crippen molar-refractivity contribution in [1.82, 2.24) is 5.32 Å². The van der Waals surface area contributed by atoms with Gasteiger partial charge in [0.1, 0.15) is 0 Å². The molecular formula is C17H26ClNO2. The van der Waals surface area contributed by atoms with Crippen LogP contribution < -0.4 is 5.32 Å². The quantitative estimate of drug-likeness (QED) is 0.810. The number of nitrogens with one attached hydrogen (secondary N) is 1. The number of aliphatic hydroxyl groups is 1. The van der Waals surface area contributed by atoms with Gasteiger partial charge in [0.2, 0.25) is 5.91 Å². The molecule has 0 radical (unpaired) electrons. The predicted molar refractivity (Wildman–Crippen MR) is 87.4 cm³/mol. The summed E-state index contributed by atoms with van der Waals surface area (Å²) in [5.74, 6) is -0.0699. The fraction of sp³-hybridized carbons (Fsp3) is 0.588. The summed E-state index contributed by atoms with van der Waals surface area (Å²) in [5.41, 5.74) is 0.952. The molecule has 0 heterocycles. The van der Waals surface area contributed by atoms with Crippen LogP contribution in [0.1, 0.15) is 39.7 Å². The number of aliphatic hydroxyl groups excluding tert-OH is 1. The van der Waals surface area contributed by atoms with Gasteiger partial charge in [-0.05, 0) is 42.9 Å². The average molecular weight is 312 g/mol. The second-order valence-corrected chi connectivity index (χ2v) is 7.11. The van der Waals surface area contributed by atoms with Crippen molar-refractivity contribution in [1.29, 1.82) is 0 Å². The van der Waals surface area contributed by atoms with Gasteiger partial charge in [0.05, 0.1) is 6.10 Å². The number of benzene rings is 1. The number of carbonyl (C=O) groups is 1. The Morgan fingerprint density at radius 3 is 2.62 bits per heavy atom. The van der Waals surface area contributed by atoms with E-state index < -0.39 is 0 Å². The van der Waals surface area contributed by atoms with E-state index in [1.54, 1.807) is 6.92 Å². The summed E-state index contributed by atoms with van der Waals surface area (Å²) in [5, 5.41) is 13.1. The highest BCUT2D eigenvalue weighted by Crippen LogP contribution is 2.21. The molecule has 2 N–H and O–H groups in total. The van der Waals surface area contributed by atoms with Crippen LogP contribution in [0.4, 0.5) is 0 Å². The molecule has 0 fully saturated rings. The third kappa shape index (κ3) is 6.96. The summed E-state index contributed by atoms with van der Waals surface area (Å²) in [6, 6.07) is 7.60. The summed E-state index contributed by atoms with van der Waals surface area (Å²) < 4.78 is 0. The fourth-order valence-corrected chi connectivity index (χ4v) is 2.70. The normalized spacial score (nSPS) is 14.6. The van der Waals surface area contributed by atoms with Gasteiger partial charge in [0.15, 0.2) is 0 Å². The van der Waals surface area contributed by atoms with Crippen LogP contribution in [-0.2, 0) is 11.2 Å². The maximum atomic E-state index is 12.2. The van der Waals surface area contributed by atoms with Crippen LogP contribution in [0.2, 0.25) is 5.02 Å². The Labute approximate surface area is 132 Å². The van der Waals surface area contributed by atoms with E-state index in [1.165, 1.54) is 0 Å². The van der Waals surface area contributed by atoms with Crippen LogP contribution in [-0.4, -0.2) is 23.7 Å². The molecule has 118 valence electrons. The first-order valence-corrected chi connectivity index (χ1v) is 7.77. The maximum Gasteiger partial charge on any atom is 0.223 e. The molecule has 0 saturated heterocycles. The fourth-order valence-electron chi connectivity index (χ4n) is 2.48. The number of amides is 1. The molecule has 4 heteroatoms. The van der Waals surface area contributed by atoms with Crippen molar-refractivity contribution in [2.45, 2.75) is 46.6 Å². The molecule has 1 amide bonds. The second kappa shape index (κ2) is 7.81. The van der Waals surface area contributed by atoms with Gasteiger partial charge in [-0.15, -0.1) is 0 Å². The predicted octanol–water partition coefficient (Wildman–Crippen LogP) is 3.43. The van der Waals surface area contributed by atoms with Crippen molar-refractivity contribution >= 4 is 17.5 Å². The molecule has 0 aromatic heterocycles. The number of carbonyl (C=O) groups excluding carboxylic acids is 1. The first-order chi connectivity index (χ1) is 9.69. The Hall–Kier alpha value is -1.06. The Morgan fingerprint density at radius 2 is 2.05 bits per heavy atom. The van der Waals surface area contributed by atoms with Gasteiger partial charge in [-0.25, -0.2) is 0 Å². The average Bonchev–Trinajstić information content (AvgIpc) is 2.34. The van der Waals surface area contributed by atoms with E-state index in [2.05, 4.69) is 5.32 Å². The topological polar surface area (TPSA) is 49.3 Å². The van der Waals surface area contributed by atoms with E-state index in [0.29, 0.717) is 24.4 Å². The number of hydrogen-bond donors (Lipinski definition) is 2. The summed E-state index contributed by atoms with van der Waals surface area (Å²) in [7, 11) is 0. The molecule has 0 bridgehead atoms. The van der Waals surface area contributed by atoms with Crippen molar-refractivity contribution in [3.8, 4) is 0 Å². The number of hydrogen-bond acceptors (Lipinski definition) is 2. The molecule has 2 unspecified atom stereocenters. The van der Waals surface area contributed by atoms with E-state index >= 15 is 0 Å². The van der Waals surface area contributed by atoms with Crippen molar-refractivity contribution in [3.05, 3.63) is 34.9 Å². The van der Waals surface area contributed by atoms with Crippen LogP contribution in [0.5, 0.6) is 0 Å². The first kappa shape index (κ1) is 18.0. The van der Waals surface area contributed by atoms with Crippen LogP contribution in [0.25, 0.3) is 0 Å². The first-order valence-electron chi connectivity index (χ1n) is 7.40. The van der Waals surface area contributed by atoms with Gasteiger partial charge < -0.3 is 10.4 Å². The molecule has 1 rings (SSSR count). The molecule has 2 atom stereocenters. The molecule has 0 saturated carbocycles. The molecule has 0 aliphatic carbocycles. The lowest BCUT2D eigenvalue weighted by Crippen LogP contribution is -2.38. The largest absolute Gasteiger partial charge is 0.393 e. The van der Waals surface area contributed by atoms with Gasteiger partial charge >= 0.3 is 0 Å². The molecular weight excluding hydrogens is 286 g/mol. The standard InChI is InChI=1S/C17H26ClNO2/c1-12(8-14-6-5-7-15(18)9-14)16(21)19-11-17(3,4)10-13(2)20/h5-7,9,12-13,20H,8,10-11H2,1-4H3,(H,19,21). The highest BCUT2D eigenvalue weighted by molar-refractivity contribution is 6.30. The van der Waals surface area contributed by atoms with Crippen LogP contribution >= 0.6 is 11.6 Å².